The van der Waals surface area contributed by atoms with E-state index in [1.807, 2.05) is 0 Å². The average molecular weight is 219 g/mol. The van der Waals surface area contributed by atoms with Gasteiger partial charge in [-0.05, 0) is 38.4 Å². The number of nitrogens with one attached hydrogen (secondary N) is 1. The molecule has 0 radical (unpaired) electrons. The molecule has 2 heterocycles. The van der Waals surface area contributed by atoms with E-state index in [1.165, 1.54) is 12.8 Å². The van der Waals surface area contributed by atoms with Gasteiger partial charge in [-0.1, -0.05) is 13.0 Å². The van der Waals surface area contributed by atoms with E-state index in [9.17, 15) is 0 Å². The fourth-order valence-corrected chi connectivity index (χ4v) is 2.31. The first-order valence-electron chi connectivity index (χ1n) is 6.21. The van der Waals surface area contributed by atoms with E-state index in [1.54, 1.807) is 0 Å². The summed E-state index contributed by atoms with van der Waals surface area (Å²) in [7, 11) is 0. The van der Waals surface area contributed by atoms with Crippen molar-refractivity contribution in [3.63, 3.8) is 0 Å². The zero-order chi connectivity index (χ0) is 11.4. The molecule has 3 nitrogen and oxygen atoms in total. The van der Waals surface area contributed by atoms with Crippen molar-refractivity contribution in [3.8, 4) is 0 Å². The van der Waals surface area contributed by atoms with E-state index in [4.69, 9.17) is 0 Å². The smallest absolute Gasteiger partial charge is 0.128 e. The number of aryl methyl sites for hydroxylation is 1. The Morgan fingerprint density at radius 2 is 2.12 bits per heavy atom. The SMILES string of the molecule is CCNC1CCN(c2cccc(C)n2)CC1. The molecule has 0 saturated carbocycles. The summed E-state index contributed by atoms with van der Waals surface area (Å²) in [4.78, 5) is 6.96. The first-order valence-corrected chi connectivity index (χ1v) is 6.21. The van der Waals surface area contributed by atoms with Gasteiger partial charge in [0, 0.05) is 24.8 Å². The molecule has 0 amide bonds. The number of aromatic nitrogens is 1. The maximum absolute atomic E-state index is 4.57. The van der Waals surface area contributed by atoms with Crippen molar-refractivity contribution in [2.24, 2.45) is 0 Å². The molecule has 1 aromatic rings. The monoisotopic (exact) mass is 219 g/mol. The highest BCUT2D eigenvalue weighted by molar-refractivity contribution is 5.39. The van der Waals surface area contributed by atoms with Crippen molar-refractivity contribution < 1.29 is 0 Å². The van der Waals surface area contributed by atoms with Crippen LogP contribution in [0, 0.1) is 6.92 Å². The van der Waals surface area contributed by atoms with E-state index < -0.39 is 0 Å². The van der Waals surface area contributed by atoms with Crippen LogP contribution >= 0.6 is 0 Å². The molecule has 1 N–H and O–H groups in total. The molecule has 1 aromatic heterocycles. The van der Waals surface area contributed by atoms with Gasteiger partial charge in [-0.3, -0.25) is 0 Å². The van der Waals surface area contributed by atoms with Crippen LogP contribution in [-0.4, -0.2) is 30.7 Å². The van der Waals surface area contributed by atoms with Crippen LogP contribution in [-0.2, 0) is 0 Å². The Bertz CT molecular complexity index is 330. The zero-order valence-electron chi connectivity index (χ0n) is 10.2. The van der Waals surface area contributed by atoms with E-state index in [2.05, 4.69) is 47.2 Å². The summed E-state index contributed by atoms with van der Waals surface area (Å²) in [5, 5.41) is 3.52. The molecule has 0 atom stereocenters. The summed E-state index contributed by atoms with van der Waals surface area (Å²) in [6, 6.07) is 6.95. The second-order valence-corrected chi connectivity index (χ2v) is 4.46. The second kappa shape index (κ2) is 5.30. The third kappa shape index (κ3) is 2.73. The van der Waals surface area contributed by atoms with Gasteiger partial charge >= 0.3 is 0 Å². The summed E-state index contributed by atoms with van der Waals surface area (Å²) in [6.07, 6.45) is 2.45. The Hall–Kier alpha value is -1.09. The summed E-state index contributed by atoms with van der Waals surface area (Å²) >= 11 is 0. The maximum Gasteiger partial charge on any atom is 0.128 e. The molecule has 3 heteroatoms. The molecule has 1 aliphatic rings. The van der Waals surface area contributed by atoms with Crippen LogP contribution in [0.5, 0.6) is 0 Å². The predicted molar refractivity (Wildman–Crippen MR) is 67.9 cm³/mol. The topological polar surface area (TPSA) is 28.2 Å². The van der Waals surface area contributed by atoms with Crippen molar-refractivity contribution in [2.75, 3.05) is 24.5 Å². The van der Waals surface area contributed by atoms with E-state index in [0.717, 1.165) is 31.1 Å². The van der Waals surface area contributed by atoms with Crippen molar-refractivity contribution >= 4 is 5.82 Å². The Labute approximate surface area is 97.9 Å². The van der Waals surface area contributed by atoms with Crippen molar-refractivity contribution in [1.29, 1.82) is 0 Å². The summed E-state index contributed by atoms with van der Waals surface area (Å²) in [5.41, 5.74) is 1.10. The van der Waals surface area contributed by atoms with Gasteiger partial charge in [0.15, 0.2) is 0 Å². The molecule has 88 valence electrons. The molecule has 1 fully saturated rings. The minimum absolute atomic E-state index is 0.700. The lowest BCUT2D eigenvalue weighted by Gasteiger charge is -2.33. The summed E-state index contributed by atoms with van der Waals surface area (Å²) in [5.74, 6) is 1.13. The number of hydrogen-bond acceptors (Lipinski definition) is 3. The Kier molecular flexibility index (Phi) is 3.78. The van der Waals surface area contributed by atoms with Crippen molar-refractivity contribution in [1.82, 2.24) is 10.3 Å². The normalized spacial score (nSPS) is 17.8. The van der Waals surface area contributed by atoms with Crippen LogP contribution in [0.15, 0.2) is 18.2 Å². The third-order valence-corrected chi connectivity index (χ3v) is 3.19. The molecule has 0 spiro atoms. The van der Waals surface area contributed by atoms with E-state index >= 15 is 0 Å². The van der Waals surface area contributed by atoms with Gasteiger partial charge in [0.25, 0.3) is 0 Å². The lowest BCUT2D eigenvalue weighted by atomic mass is 10.1. The minimum Gasteiger partial charge on any atom is -0.356 e. The highest BCUT2D eigenvalue weighted by atomic mass is 15.2. The largest absolute Gasteiger partial charge is 0.356 e. The summed E-state index contributed by atoms with van der Waals surface area (Å²) in [6.45, 7) is 7.54. The minimum atomic E-state index is 0.700. The molecule has 1 saturated heterocycles. The van der Waals surface area contributed by atoms with Gasteiger partial charge in [-0.2, -0.15) is 0 Å². The quantitative estimate of drug-likeness (QED) is 0.842. The molecule has 1 aliphatic heterocycles. The number of rotatable bonds is 3. The van der Waals surface area contributed by atoms with Gasteiger partial charge in [0.05, 0.1) is 0 Å². The first-order chi connectivity index (χ1) is 7.79. The standard InChI is InChI=1S/C13H21N3/c1-3-14-12-7-9-16(10-8-12)13-6-4-5-11(2)15-13/h4-6,12,14H,3,7-10H2,1-2H3. The highest BCUT2D eigenvalue weighted by Gasteiger charge is 2.18. The zero-order valence-corrected chi connectivity index (χ0v) is 10.2. The van der Waals surface area contributed by atoms with Crippen LogP contribution in [0.1, 0.15) is 25.5 Å². The number of hydrogen-bond donors (Lipinski definition) is 1. The molecule has 0 unspecified atom stereocenters. The second-order valence-electron chi connectivity index (χ2n) is 4.46. The van der Waals surface area contributed by atoms with Crippen LogP contribution in [0.25, 0.3) is 0 Å². The summed E-state index contributed by atoms with van der Waals surface area (Å²) < 4.78 is 0. The van der Waals surface area contributed by atoms with Crippen LogP contribution in [0.4, 0.5) is 5.82 Å². The van der Waals surface area contributed by atoms with Crippen molar-refractivity contribution in [3.05, 3.63) is 23.9 Å². The fraction of sp³-hybridized carbons (Fsp3) is 0.615. The molecule has 16 heavy (non-hydrogen) atoms. The molecule has 0 aliphatic carbocycles. The van der Waals surface area contributed by atoms with Gasteiger partial charge in [0.1, 0.15) is 5.82 Å². The molecular weight excluding hydrogens is 198 g/mol. The number of pyridine rings is 1. The maximum atomic E-state index is 4.57. The predicted octanol–water partition coefficient (Wildman–Crippen LogP) is 1.97. The highest BCUT2D eigenvalue weighted by Crippen LogP contribution is 2.17. The van der Waals surface area contributed by atoms with Gasteiger partial charge in [0.2, 0.25) is 0 Å². The van der Waals surface area contributed by atoms with Gasteiger partial charge in [-0.15, -0.1) is 0 Å². The molecular formula is C13H21N3. The Morgan fingerprint density at radius 3 is 2.75 bits per heavy atom. The van der Waals surface area contributed by atoms with Crippen LogP contribution < -0.4 is 10.2 Å². The lowest BCUT2D eigenvalue weighted by molar-refractivity contribution is 0.422. The Morgan fingerprint density at radius 1 is 1.38 bits per heavy atom. The van der Waals surface area contributed by atoms with Gasteiger partial charge < -0.3 is 10.2 Å². The number of piperidine rings is 1. The lowest BCUT2D eigenvalue weighted by Crippen LogP contribution is -2.42. The fourth-order valence-electron chi connectivity index (χ4n) is 2.31. The van der Waals surface area contributed by atoms with E-state index in [-0.39, 0.29) is 0 Å². The molecule has 0 aromatic carbocycles. The first kappa shape index (κ1) is 11.4. The molecule has 2 rings (SSSR count). The third-order valence-electron chi connectivity index (χ3n) is 3.19. The Balaban J connectivity index is 1.94. The number of nitrogens with zero attached hydrogens (tertiary/aromatic N) is 2. The van der Waals surface area contributed by atoms with Crippen LogP contribution in [0.3, 0.4) is 0 Å². The van der Waals surface area contributed by atoms with E-state index in [0.29, 0.717) is 6.04 Å². The molecule has 0 bridgehead atoms. The average Bonchev–Trinajstić information content (AvgIpc) is 2.30. The van der Waals surface area contributed by atoms with Crippen molar-refractivity contribution in [2.45, 2.75) is 32.7 Å². The van der Waals surface area contributed by atoms with Gasteiger partial charge in [-0.25, -0.2) is 4.98 Å². The van der Waals surface area contributed by atoms with Crippen LogP contribution in [0.2, 0.25) is 0 Å². The number of anilines is 1.